The van der Waals surface area contributed by atoms with Gasteiger partial charge in [0.15, 0.2) is 17.8 Å². The predicted molar refractivity (Wildman–Crippen MR) is 39.6 cm³/mol. The molecule has 1 aromatic carbocycles. The first kappa shape index (κ1) is 6.97. The average Bonchev–Trinajstić information content (AvgIpc) is 2.52. The third kappa shape index (κ3) is 0.812. The second kappa shape index (κ2) is 2.41. The molecule has 2 rings (SSSR count). The van der Waals surface area contributed by atoms with E-state index in [1.807, 2.05) is 0 Å². The van der Waals surface area contributed by atoms with Crippen molar-refractivity contribution in [2.24, 2.45) is 0 Å². The van der Waals surface area contributed by atoms with Crippen LogP contribution < -0.4 is 9.47 Å². The van der Waals surface area contributed by atoms with Gasteiger partial charge in [-0.2, -0.15) is 0 Å². The summed E-state index contributed by atoms with van der Waals surface area (Å²) in [7, 11) is 0. The van der Waals surface area contributed by atoms with Gasteiger partial charge in [0.2, 0.25) is 6.79 Å². The van der Waals surface area contributed by atoms with E-state index >= 15 is 0 Å². The molecule has 0 amide bonds. The van der Waals surface area contributed by atoms with Gasteiger partial charge in [0, 0.05) is 0 Å². The molecule has 0 bridgehead atoms. The van der Waals surface area contributed by atoms with E-state index in [0.29, 0.717) is 17.8 Å². The second-order valence-electron chi connectivity index (χ2n) is 2.35. The minimum Gasteiger partial charge on any atom is -0.507 e. The van der Waals surface area contributed by atoms with Crippen LogP contribution in [0.25, 0.3) is 0 Å². The predicted octanol–water partition coefficient (Wildman–Crippen LogP) is 0.933. The Morgan fingerprint density at radius 1 is 1.42 bits per heavy atom. The molecule has 0 fully saturated rings. The topological polar surface area (TPSA) is 55.8 Å². The Kier molecular flexibility index (Phi) is 1.40. The van der Waals surface area contributed by atoms with Crippen LogP contribution in [0.3, 0.4) is 0 Å². The molecule has 62 valence electrons. The summed E-state index contributed by atoms with van der Waals surface area (Å²) in [6.07, 6.45) is 0.544. The summed E-state index contributed by atoms with van der Waals surface area (Å²) in [5, 5.41) is 9.21. The molecule has 1 aromatic rings. The minimum atomic E-state index is -0.0887. The zero-order valence-electron chi connectivity index (χ0n) is 6.11. The van der Waals surface area contributed by atoms with Crippen molar-refractivity contribution in [1.82, 2.24) is 0 Å². The van der Waals surface area contributed by atoms with E-state index in [1.54, 1.807) is 6.07 Å². The van der Waals surface area contributed by atoms with Crippen molar-refractivity contribution in [2.45, 2.75) is 0 Å². The van der Waals surface area contributed by atoms with Crippen LogP contribution in [0.1, 0.15) is 10.4 Å². The average molecular weight is 166 g/mol. The number of hydrogen-bond acceptors (Lipinski definition) is 4. The first-order valence-electron chi connectivity index (χ1n) is 3.39. The highest BCUT2D eigenvalue weighted by Gasteiger charge is 2.19. The first-order chi connectivity index (χ1) is 5.83. The quantitative estimate of drug-likeness (QED) is 0.630. The molecule has 0 aliphatic carbocycles. The summed E-state index contributed by atoms with van der Waals surface area (Å²) in [6.45, 7) is 0.0969. The molecule has 12 heavy (non-hydrogen) atoms. The fraction of sp³-hybridized carbons (Fsp3) is 0.125. The Morgan fingerprint density at radius 2 is 2.25 bits per heavy atom. The molecule has 0 aromatic heterocycles. The molecule has 0 saturated carbocycles. The number of rotatable bonds is 1. The van der Waals surface area contributed by atoms with Crippen LogP contribution in [0.15, 0.2) is 12.1 Å². The summed E-state index contributed by atoms with van der Waals surface area (Å²) in [4.78, 5) is 10.5. The molecular formula is C8H6O4. The molecule has 1 N–H and O–H groups in total. The van der Waals surface area contributed by atoms with E-state index in [2.05, 4.69) is 0 Å². The molecule has 4 heteroatoms. The fourth-order valence-electron chi connectivity index (χ4n) is 1.10. The molecule has 0 saturated heterocycles. The molecule has 0 unspecified atom stereocenters. The highest BCUT2D eigenvalue weighted by molar-refractivity contribution is 5.85. The Hall–Kier alpha value is -1.71. The highest BCUT2D eigenvalue weighted by atomic mass is 16.7. The van der Waals surface area contributed by atoms with Gasteiger partial charge in [0.05, 0.1) is 0 Å². The van der Waals surface area contributed by atoms with Gasteiger partial charge in [-0.05, 0) is 12.1 Å². The standard InChI is InChI=1S/C8H6O4/c9-3-5-6(10)1-2-7-8(5)12-4-11-7/h1-3,10H,4H2. The van der Waals surface area contributed by atoms with Gasteiger partial charge < -0.3 is 14.6 Å². The number of ether oxygens (including phenoxy) is 2. The van der Waals surface area contributed by atoms with Crippen molar-refractivity contribution >= 4 is 6.29 Å². The summed E-state index contributed by atoms with van der Waals surface area (Å²) >= 11 is 0. The zero-order chi connectivity index (χ0) is 8.55. The molecule has 1 aliphatic rings. The lowest BCUT2D eigenvalue weighted by atomic mass is 10.2. The first-order valence-corrected chi connectivity index (χ1v) is 3.39. The zero-order valence-corrected chi connectivity index (χ0v) is 6.11. The number of aldehydes is 1. The van der Waals surface area contributed by atoms with Gasteiger partial charge in [-0.25, -0.2) is 0 Å². The number of phenols is 1. The van der Waals surface area contributed by atoms with Crippen molar-refractivity contribution in [3.63, 3.8) is 0 Å². The van der Waals surface area contributed by atoms with Gasteiger partial charge in [0.1, 0.15) is 11.3 Å². The summed E-state index contributed by atoms with van der Waals surface area (Å²) < 4.78 is 9.99. The van der Waals surface area contributed by atoms with E-state index in [9.17, 15) is 9.90 Å². The maximum absolute atomic E-state index is 10.5. The van der Waals surface area contributed by atoms with Crippen LogP contribution in [0.4, 0.5) is 0 Å². The summed E-state index contributed by atoms with van der Waals surface area (Å²) in [5.41, 5.74) is 0.144. The minimum absolute atomic E-state index is 0.0887. The van der Waals surface area contributed by atoms with Gasteiger partial charge in [0.25, 0.3) is 0 Å². The van der Waals surface area contributed by atoms with Crippen LogP contribution in [0.2, 0.25) is 0 Å². The number of carbonyl (C=O) groups is 1. The molecular weight excluding hydrogens is 160 g/mol. The van der Waals surface area contributed by atoms with E-state index in [0.717, 1.165) is 0 Å². The smallest absolute Gasteiger partial charge is 0.231 e. The van der Waals surface area contributed by atoms with E-state index in [1.165, 1.54) is 6.07 Å². The normalized spacial score (nSPS) is 13.0. The van der Waals surface area contributed by atoms with Crippen molar-refractivity contribution < 1.29 is 19.4 Å². The lowest BCUT2D eigenvalue weighted by Gasteiger charge is -2.00. The van der Waals surface area contributed by atoms with Gasteiger partial charge >= 0.3 is 0 Å². The summed E-state index contributed by atoms with van der Waals surface area (Å²) in [5.74, 6) is 0.731. The third-order valence-corrected chi connectivity index (χ3v) is 1.67. The van der Waals surface area contributed by atoms with Crippen molar-refractivity contribution in [1.29, 1.82) is 0 Å². The number of phenolic OH excluding ortho intramolecular Hbond substituents is 1. The fourth-order valence-corrected chi connectivity index (χ4v) is 1.10. The molecule has 1 heterocycles. The molecule has 0 spiro atoms. The van der Waals surface area contributed by atoms with E-state index in [4.69, 9.17) is 9.47 Å². The Labute approximate surface area is 68.3 Å². The third-order valence-electron chi connectivity index (χ3n) is 1.67. The largest absolute Gasteiger partial charge is 0.507 e. The van der Waals surface area contributed by atoms with Crippen LogP contribution in [-0.2, 0) is 0 Å². The SMILES string of the molecule is O=Cc1c(O)ccc2c1OCO2. The number of hydrogen-bond donors (Lipinski definition) is 1. The van der Waals surface area contributed by atoms with Crippen LogP contribution >= 0.6 is 0 Å². The number of carbonyl (C=O) groups excluding carboxylic acids is 1. The molecule has 4 nitrogen and oxygen atoms in total. The van der Waals surface area contributed by atoms with Gasteiger partial charge in [-0.1, -0.05) is 0 Å². The maximum atomic E-state index is 10.5. The lowest BCUT2D eigenvalue weighted by molar-refractivity contribution is 0.111. The molecule has 0 atom stereocenters. The number of aromatic hydroxyl groups is 1. The second-order valence-corrected chi connectivity index (χ2v) is 2.35. The highest BCUT2D eigenvalue weighted by Crippen LogP contribution is 2.38. The van der Waals surface area contributed by atoms with Crippen molar-refractivity contribution in [3.8, 4) is 17.2 Å². The Morgan fingerprint density at radius 3 is 3.00 bits per heavy atom. The maximum Gasteiger partial charge on any atom is 0.231 e. The van der Waals surface area contributed by atoms with Crippen LogP contribution in [0.5, 0.6) is 17.2 Å². The van der Waals surface area contributed by atoms with Crippen LogP contribution in [-0.4, -0.2) is 18.2 Å². The summed E-state index contributed by atoms with van der Waals surface area (Å²) in [6, 6.07) is 2.96. The lowest BCUT2D eigenvalue weighted by Crippen LogP contribution is -1.94. The Bertz CT molecular complexity index is 332. The molecule has 1 aliphatic heterocycles. The molecule has 0 radical (unpaired) electrons. The Balaban J connectivity index is 2.65. The van der Waals surface area contributed by atoms with Gasteiger partial charge in [-0.3, -0.25) is 4.79 Å². The van der Waals surface area contributed by atoms with Crippen molar-refractivity contribution in [3.05, 3.63) is 17.7 Å². The monoisotopic (exact) mass is 166 g/mol. The van der Waals surface area contributed by atoms with E-state index in [-0.39, 0.29) is 18.1 Å². The van der Waals surface area contributed by atoms with E-state index < -0.39 is 0 Å². The van der Waals surface area contributed by atoms with Gasteiger partial charge in [-0.15, -0.1) is 0 Å². The van der Waals surface area contributed by atoms with Crippen molar-refractivity contribution in [2.75, 3.05) is 6.79 Å². The van der Waals surface area contributed by atoms with Crippen LogP contribution in [0, 0.1) is 0 Å². The number of fused-ring (bicyclic) bond motifs is 1. The number of benzene rings is 1.